The molecular formula is C12H16ClN. The maximum Gasteiger partial charge on any atom is 0.0638 e. The highest BCUT2D eigenvalue weighted by molar-refractivity contribution is 6.33. The van der Waals surface area contributed by atoms with Crippen LogP contribution in [-0.2, 0) is 6.42 Å². The van der Waals surface area contributed by atoms with E-state index in [1.165, 1.54) is 31.2 Å². The van der Waals surface area contributed by atoms with Crippen molar-refractivity contribution in [2.45, 2.75) is 32.1 Å². The van der Waals surface area contributed by atoms with E-state index >= 15 is 0 Å². The minimum atomic E-state index is 0.695. The van der Waals surface area contributed by atoms with Crippen LogP contribution in [0.4, 0.5) is 5.69 Å². The molecular weight excluding hydrogens is 194 g/mol. The molecule has 76 valence electrons. The van der Waals surface area contributed by atoms with Gasteiger partial charge in [-0.25, -0.2) is 0 Å². The SMILES string of the molecule is Nc1c(Cl)cccc1CC1CCCC1. The Bertz CT molecular complexity index is 316. The number of nitrogens with two attached hydrogens (primary N) is 1. The number of para-hydroxylation sites is 1. The van der Waals surface area contributed by atoms with Crippen molar-refractivity contribution >= 4 is 17.3 Å². The van der Waals surface area contributed by atoms with Gasteiger partial charge in [0.2, 0.25) is 0 Å². The molecule has 0 amide bonds. The van der Waals surface area contributed by atoms with Crippen molar-refractivity contribution in [3.63, 3.8) is 0 Å². The molecule has 2 N–H and O–H groups in total. The summed E-state index contributed by atoms with van der Waals surface area (Å²) in [6.07, 6.45) is 6.57. The zero-order valence-electron chi connectivity index (χ0n) is 8.30. The van der Waals surface area contributed by atoms with Crippen LogP contribution < -0.4 is 5.73 Å². The van der Waals surface area contributed by atoms with Gasteiger partial charge in [0.05, 0.1) is 10.7 Å². The highest BCUT2D eigenvalue weighted by atomic mass is 35.5. The van der Waals surface area contributed by atoms with E-state index in [9.17, 15) is 0 Å². The molecule has 1 nitrogen and oxygen atoms in total. The molecule has 0 unspecified atom stereocenters. The summed E-state index contributed by atoms with van der Waals surface area (Å²) in [5, 5.41) is 0.695. The van der Waals surface area contributed by atoms with Crippen LogP contribution in [0.5, 0.6) is 0 Å². The summed E-state index contributed by atoms with van der Waals surface area (Å²) >= 11 is 5.97. The van der Waals surface area contributed by atoms with E-state index in [4.69, 9.17) is 17.3 Å². The van der Waals surface area contributed by atoms with Gasteiger partial charge in [0.15, 0.2) is 0 Å². The largest absolute Gasteiger partial charge is 0.397 e. The number of rotatable bonds is 2. The Morgan fingerprint density at radius 3 is 2.71 bits per heavy atom. The second-order valence-electron chi connectivity index (χ2n) is 4.17. The first-order valence-corrected chi connectivity index (χ1v) is 5.68. The fraction of sp³-hybridized carbons (Fsp3) is 0.500. The van der Waals surface area contributed by atoms with Crippen LogP contribution in [0, 0.1) is 5.92 Å². The first-order chi connectivity index (χ1) is 6.77. The van der Waals surface area contributed by atoms with Crippen molar-refractivity contribution in [1.29, 1.82) is 0 Å². The lowest BCUT2D eigenvalue weighted by Crippen LogP contribution is -2.02. The quantitative estimate of drug-likeness (QED) is 0.740. The van der Waals surface area contributed by atoms with Crippen molar-refractivity contribution in [3.05, 3.63) is 28.8 Å². The van der Waals surface area contributed by atoms with Crippen LogP contribution in [0.25, 0.3) is 0 Å². The van der Waals surface area contributed by atoms with E-state index in [0.717, 1.165) is 18.0 Å². The van der Waals surface area contributed by atoms with Gasteiger partial charge in [-0.3, -0.25) is 0 Å². The molecule has 14 heavy (non-hydrogen) atoms. The van der Waals surface area contributed by atoms with Crippen LogP contribution >= 0.6 is 11.6 Å². The smallest absolute Gasteiger partial charge is 0.0638 e. The predicted octanol–water partition coefficient (Wildman–Crippen LogP) is 3.65. The van der Waals surface area contributed by atoms with Crippen LogP contribution in [0.2, 0.25) is 5.02 Å². The summed E-state index contributed by atoms with van der Waals surface area (Å²) in [4.78, 5) is 0. The van der Waals surface area contributed by atoms with Crippen LogP contribution in [0.15, 0.2) is 18.2 Å². The Morgan fingerprint density at radius 1 is 1.29 bits per heavy atom. The van der Waals surface area contributed by atoms with Gasteiger partial charge in [-0.1, -0.05) is 49.4 Å². The second-order valence-corrected chi connectivity index (χ2v) is 4.57. The average molecular weight is 210 g/mol. The van der Waals surface area contributed by atoms with Gasteiger partial charge in [0.1, 0.15) is 0 Å². The lowest BCUT2D eigenvalue weighted by molar-refractivity contribution is 0.547. The second kappa shape index (κ2) is 4.22. The van der Waals surface area contributed by atoms with Crippen molar-refractivity contribution in [3.8, 4) is 0 Å². The van der Waals surface area contributed by atoms with Gasteiger partial charge in [-0.15, -0.1) is 0 Å². The van der Waals surface area contributed by atoms with Gasteiger partial charge >= 0.3 is 0 Å². The number of benzene rings is 1. The molecule has 1 aliphatic rings. The third-order valence-electron chi connectivity index (χ3n) is 3.13. The number of anilines is 1. The van der Waals surface area contributed by atoms with Crippen LogP contribution in [0.1, 0.15) is 31.2 Å². The lowest BCUT2D eigenvalue weighted by atomic mass is 9.97. The fourth-order valence-corrected chi connectivity index (χ4v) is 2.48. The molecule has 1 fully saturated rings. The summed E-state index contributed by atoms with van der Waals surface area (Å²) < 4.78 is 0. The standard InChI is InChI=1S/C12H16ClN/c13-11-7-3-6-10(12(11)14)8-9-4-1-2-5-9/h3,6-7,9H,1-2,4-5,8,14H2. The van der Waals surface area contributed by atoms with E-state index < -0.39 is 0 Å². The first-order valence-electron chi connectivity index (χ1n) is 5.30. The molecule has 1 aliphatic carbocycles. The van der Waals surface area contributed by atoms with E-state index in [-0.39, 0.29) is 0 Å². The fourth-order valence-electron chi connectivity index (χ4n) is 2.29. The lowest BCUT2D eigenvalue weighted by Gasteiger charge is -2.11. The Hall–Kier alpha value is -0.690. The van der Waals surface area contributed by atoms with E-state index in [1.54, 1.807) is 0 Å². The van der Waals surface area contributed by atoms with Gasteiger partial charge in [-0.2, -0.15) is 0 Å². The predicted molar refractivity (Wildman–Crippen MR) is 61.5 cm³/mol. The molecule has 2 rings (SSSR count). The molecule has 2 heteroatoms. The van der Waals surface area contributed by atoms with Crippen molar-refractivity contribution in [1.82, 2.24) is 0 Å². The zero-order chi connectivity index (χ0) is 9.97. The van der Waals surface area contributed by atoms with E-state index in [1.807, 2.05) is 12.1 Å². The first kappa shape index (κ1) is 9.85. The van der Waals surface area contributed by atoms with Gasteiger partial charge in [0.25, 0.3) is 0 Å². The molecule has 1 aromatic carbocycles. The molecule has 1 aromatic rings. The van der Waals surface area contributed by atoms with E-state index in [2.05, 4.69) is 6.07 Å². The zero-order valence-corrected chi connectivity index (χ0v) is 9.06. The Kier molecular flexibility index (Phi) is 2.97. The highest BCUT2D eigenvalue weighted by Gasteiger charge is 2.16. The summed E-state index contributed by atoms with van der Waals surface area (Å²) in [7, 11) is 0. The Balaban J connectivity index is 2.11. The van der Waals surface area contributed by atoms with Crippen LogP contribution in [-0.4, -0.2) is 0 Å². The summed E-state index contributed by atoms with van der Waals surface area (Å²) in [5.74, 6) is 0.829. The maximum absolute atomic E-state index is 5.97. The van der Waals surface area contributed by atoms with Gasteiger partial charge in [-0.05, 0) is 24.0 Å². The number of hydrogen-bond donors (Lipinski definition) is 1. The van der Waals surface area contributed by atoms with Gasteiger partial charge < -0.3 is 5.73 Å². The van der Waals surface area contributed by atoms with Crippen molar-refractivity contribution in [2.24, 2.45) is 5.92 Å². The van der Waals surface area contributed by atoms with E-state index in [0.29, 0.717) is 5.02 Å². The minimum Gasteiger partial charge on any atom is -0.397 e. The monoisotopic (exact) mass is 209 g/mol. The third kappa shape index (κ3) is 2.03. The number of halogens is 1. The van der Waals surface area contributed by atoms with Crippen molar-refractivity contribution < 1.29 is 0 Å². The third-order valence-corrected chi connectivity index (χ3v) is 3.46. The topological polar surface area (TPSA) is 26.0 Å². The Labute approximate surface area is 90.3 Å². The summed E-state index contributed by atoms with van der Waals surface area (Å²) in [6.45, 7) is 0. The number of hydrogen-bond acceptors (Lipinski definition) is 1. The number of nitrogen functional groups attached to an aromatic ring is 1. The molecule has 0 atom stereocenters. The summed E-state index contributed by atoms with van der Waals surface area (Å²) in [6, 6.07) is 5.94. The molecule has 0 saturated heterocycles. The molecule has 0 aromatic heterocycles. The molecule has 0 bridgehead atoms. The van der Waals surface area contributed by atoms with Gasteiger partial charge in [0, 0.05) is 0 Å². The molecule has 1 saturated carbocycles. The normalized spacial score (nSPS) is 17.5. The molecule has 0 spiro atoms. The Morgan fingerprint density at radius 2 is 2.00 bits per heavy atom. The highest BCUT2D eigenvalue weighted by Crippen LogP contribution is 2.31. The maximum atomic E-state index is 5.97. The molecule has 0 heterocycles. The minimum absolute atomic E-state index is 0.695. The summed E-state index contributed by atoms with van der Waals surface area (Å²) in [5.41, 5.74) is 7.93. The molecule has 0 aliphatic heterocycles. The van der Waals surface area contributed by atoms with Crippen LogP contribution in [0.3, 0.4) is 0 Å². The average Bonchev–Trinajstić information content (AvgIpc) is 2.66. The molecule has 0 radical (unpaired) electrons. The van der Waals surface area contributed by atoms with Crippen molar-refractivity contribution in [2.75, 3.05) is 5.73 Å².